The molecule has 0 aromatic heterocycles. The first-order chi connectivity index (χ1) is 13.2. The summed E-state index contributed by atoms with van der Waals surface area (Å²) < 4.78 is 11.3. The maximum absolute atomic E-state index is 12.7. The van der Waals surface area contributed by atoms with Crippen LogP contribution in [0.1, 0.15) is 26.3 Å². The number of methoxy groups -OCH3 is 1. The Morgan fingerprint density at radius 3 is 2.39 bits per heavy atom. The van der Waals surface area contributed by atoms with Crippen LogP contribution in [0.2, 0.25) is 5.02 Å². The number of halogens is 1. The molecule has 1 heterocycles. The molecule has 0 atom stereocenters. The Morgan fingerprint density at radius 1 is 1.11 bits per heavy atom. The number of ether oxygens (including phenoxy) is 2. The van der Waals surface area contributed by atoms with Gasteiger partial charge in [0.1, 0.15) is 11.2 Å². The number of carbonyl (C=O) groups is 2. The van der Waals surface area contributed by atoms with Crippen molar-refractivity contribution in [3.05, 3.63) is 58.6 Å². The number of hydrazine groups is 1. The Kier molecular flexibility index (Phi) is 5.34. The number of carbonyl (C=O) groups excluding carboxylic acids is 2. The van der Waals surface area contributed by atoms with Gasteiger partial charge in [0.2, 0.25) is 0 Å². The van der Waals surface area contributed by atoms with Gasteiger partial charge in [-0.2, -0.15) is 0 Å². The fourth-order valence-corrected chi connectivity index (χ4v) is 2.97. The molecule has 0 unspecified atom stereocenters. The lowest BCUT2D eigenvalue weighted by molar-refractivity contribution is -0.117. The normalized spacial score (nSPS) is 15.8. The van der Waals surface area contributed by atoms with Gasteiger partial charge in [-0.3, -0.25) is 15.0 Å². The van der Waals surface area contributed by atoms with Gasteiger partial charge >= 0.3 is 0 Å². The Labute approximate surface area is 168 Å². The molecule has 7 heteroatoms. The highest BCUT2D eigenvalue weighted by Crippen LogP contribution is 2.39. The molecule has 0 spiro atoms. The molecule has 0 aliphatic carbocycles. The highest BCUT2D eigenvalue weighted by Gasteiger charge is 2.34. The van der Waals surface area contributed by atoms with E-state index in [4.69, 9.17) is 21.1 Å². The molecule has 0 saturated carbocycles. The molecule has 2 aromatic rings. The molecule has 1 aliphatic rings. The molecule has 2 amide bonds. The molecule has 3 rings (SSSR count). The lowest BCUT2D eigenvalue weighted by Crippen LogP contribution is -2.35. The number of amides is 2. The quantitative estimate of drug-likeness (QED) is 0.622. The maximum atomic E-state index is 12.7. The first kappa shape index (κ1) is 19.8. The summed E-state index contributed by atoms with van der Waals surface area (Å²) in [6, 6.07) is 12.2. The van der Waals surface area contributed by atoms with Gasteiger partial charge in [0, 0.05) is 0 Å². The summed E-state index contributed by atoms with van der Waals surface area (Å²) in [6.07, 6.45) is 1.48. The van der Waals surface area contributed by atoms with Gasteiger partial charge in [-0.25, -0.2) is 5.01 Å². The Hall–Kier alpha value is -2.99. The van der Waals surface area contributed by atoms with Crippen molar-refractivity contribution in [3.8, 4) is 11.5 Å². The molecular weight excluding hydrogens is 380 g/mol. The largest absolute Gasteiger partial charge is 0.493 e. The van der Waals surface area contributed by atoms with Gasteiger partial charge < -0.3 is 9.47 Å². The van der Waals surface area contributed by atoms with Crippen molar-refractivity contribution in [1.29, 1.82) is 0 Å². The van der Waals surface area contributed by atoms with Crippen LogP contribution in [0.25, 0.3) is 6.08 Å². The SMILES string of the molecule is COc1cc(/C=C2/C(=O)NN(c3ccccc3)C2=O)cc(Cl)c1OC(C)(C)C. The summed E-state index contributed by atoms with van der Waals surface area (Å²) in [5.41, 5.74) is 3.24. The van der Waals surface area contributed by atoms with Crippen molar-refractivity contribution in [2.75, 3.05) is 12.1 Å². The third-order valence-corrected chi connectivity index (χ3v) is 4.16. The molecule has 1 N–H and O–H groups in total. The second-order valence-corrected chi connectivity index (χ2v) is 7.63. The van der Waals surface area contributed by atoms with E-state index in [9.17, 15) is 9.59 Å². The van der Waals surface area contributed by atoms with Gasteiger partial charge in [0.15, 0.2) is 11.5 Å². The smallest absolute Gasteiger partial charge is 0.282 e. The summed E-state index contributed by atoms with van der Waals surface area (Å²) in [7, 11) is 1.50. The standard InChI is InChI=1S/C21H21ClN2O4/c1-21(2,3)28-18-16(22)11-13(12-17(18)27-4)10-15-19(25)23-24(20(15)26)14-8-6-5-7-9-14/h5-12H,1-4H3,(H,23,25)/b15-10-. The highest BCUT2D eigenvalue weighted by atomic mass is 35.5. The molecule has 1 saturated heterocycles. The average molecular weight is 401 g/mol. The molecule has 0 bridgehead atoms. The van der Waals surface area contributed by atoms with E-state index in [1.807, 2.05) is 26.8 Å². The van der Waals surface area contributed by atoms with Crippen LogP contribution in [-0.4, -0.2) is 24.5 Å². The minimum atomic E-state index is -0.487. The number of anilines is 1. The number of nitrogens with one attached hydrogen (secondary N) is 1. The lowest BCUT2D eigenvalue weighted by atomic mass is 10.1. The third kappa shape index (κ3) is 4.12. The number of hydrogen-bond donors (Lipinski definition) is 1. The molecule has 28 heavy (non-hydrogen) atoms. The van der Waals surface area contributed by atoms with Gasteiger partial charge in [0.05, 0.1) is 17.8 Å². The summed E-state index contributed by atoms with van der Waals surface area (Å²) in [5.74, 6) is -0.104. The Balaban J connectivity index is 1.96. The van der Waals surface area contributed by atoms with Crippen LogP contribution in [0, 0.1) is 0 Å². The highest BCUT2D eigenvalue weighted by molar-refractivity contribution is 6.33. The molecule has 2 aromatic carbocycles. The summed E-state index contributed by atoms with van der Waals surface area (Å²) >= 11 is 6.37. The van der Waals surface area contributed by atoms with Crippen molar-refractivity contribution in [3.63, 3.8) is 0 Å². The number of benzene rings is 2. The fourth-order valence-electron chi connectivity index (χ4n) is 2.71. The van der Waals surface area contributed by atoms with Crippen LogP contribution in [0.3, 0.4) is 0 Å². The first-order valence-electron chi connectivity index (χ1n) is 8.68. The third-order valence-electron chi connectivity index (χ3n) is 3.88. The minimum Gasteiger partial charge on any atom is -0.493 e. The van der Waals surface area contributed by atoms with Gasteiger partial charge in [-0.05, 0) is 56.7 Å². The molecule has 6 nitrogen and oxygen atoms in total. The summed E-state index contributed by atoms with van der Waals surface area (Å²) in [6.45, 7) is 5.70. The van der Waals surface area contributed by atoms with Crippen LogP contribution in [0.15, 0.2) is 48.0 Å². The number of rotatable bonds is 4. The van der Waals surface area contributed by atoms with E-state index < -0.39 is 17.4 Å². The van der Waals surface area contributed by atoms with Gasteiger partial charge in [-0.15, -0.1) is 0 Å². The van der Waals surface area contributed by atoms with E-state index in [1.165, 1.54) is 18.2 Å². The summed E-state index contributed by atoms with van der Waals surface area (Å²) in [4.78, 5) is 25.0. The average Bonchev–Trinajstić information content (AvgIpc) is 2.91. The van der Waals surface area contributed by atoms with Gasteiger partial charge in [-0.1, -0.05) is 29.8 Å². The monoisotopic (exact) mass is 400 g/mol. The summed E-state index contributed by atoms with van der Waals surface area (Å²) in [5, 5.41) is 1.54. The molecule has 0 radical (unpaired) electrons. The second kappa shape index (κ2) is 7.56. The number of nitrogens with zero attached hydrogens (tertiary/aromatic N) is 1. The maximum Gasteiger partial charge on any atom is 0.282 e. The van der Waals surface area contributed by atoms with E-state index in [2.05, 4.69) is 5.43 Å². The zero-order valence-corrected chi connectivity index (χ0v) is 16.8. The van der Waals surface area contributed by atoms with Crippen molar-refractivity contribution in [1.82, 2.24) is 5.43 Å². The molecule has 146 valence electrons. The van der Waals surface area contributed by atoms with Gasteiger partial charge in [0.25, 0.3) is 11.8 Å². The van der Waals surface area contributed by atoms with E-state index in [0.717, 1.165) is 0 Å². The zero-order chi connectivity index (χ0) is 20.5. The van der Waals surface area contributed by atoms with E-state index in [1.54, 1.807) is 36.4 Å². The molecular formula is C21H21ClN2O4. The molecule has 1 aliphatic heterocycles. The van der Waals surface area contributed by atoms with E-state index in [0.29, 0.717) is 27.8 Å². The fraction of sp³-hybridized carbons (Fsp3) is 0.238. The Morgan fingerprint density at radius 2 is 1.79 bits per heavy atom. The van der Waals surface area contributed by atoms with Crippen molar-refractivity contribution in [2.45, 2.75) is 26.4 Å². The first-order valence-corrected chi connectivity index (χ1v) is 9.06. The van der Waals surface area contributed by atoms with Crippen LogP contribution >= 0.6 is 11.6 Å². The number of hydrogen-bond acceptors (Lipinski definition) is 4. The predicted molar refractivity (Wildman–Crippen MR) is 108 cm³/mol. The predicted octanol–water partition coefficient (Wildman–Crippen LogP) is 3.99. The van der Waals surface area contributed by atoms with E-state index in [-0.39, 0.29) is 5.57 Å². The van der Waals surface area contributed by atoms with Crippen molar-refractivity contribution >= 4 is 35.2 Å². The van der Waals surface area contributed by atoms with Crippen molar-refractivity contribution < 1.29 is 19.1 Å². The van der Waals surface area contributed by atoms with Crippen LogP contribution in [0.5, 0.6) is 11.5 Å². The Bertz CT molecular complexity index is 949. The topological polar surface area (TPSA) is 67.9 Å². The molecule has 1 fully saturated rings. The lowest BCUT2D eigenvalue weighted by Gasteiger charge is -2.23. The van der Waals surface area contributed by atoms with Crippen LogP contribution in [-0.2, 0) is 9.59 Å². The zero-order valence-electron chi connectivity index (χ0n) is 16.1. The van der Waals surface area contributed by atoms with Crippen molar-refractivity contribution in [2.24, 2.45) is 0 Å². The van der Waals surface area contributed by atoms with E-state index >= 15 is 0 Å². The second-order valence-electron chi connectivity index (χ2n) is 7.22. The number of para-hydroxylation sites is 1. The van der Waals surface area contributed by atoms with Crippen LogP contribution in [0.4, 0.5) is 5.69 Å². The van der Waals surface area contributed by atoms with Crippen LogP contribution < -0.4 is 19.9 Å². The minimum absolute atomic E-state index is 0.00598.